The van der Waals surface area contributed by atoms with Crippen molar-refractivity contribution < 1.29 is 28.2 Å². The summed E-state index contributed by atoms with van der Waals surface area (Å²) in [6.07, 6.45) is 0.880. The number of hydrogen-bond acceptors (Lipinski definition) is 6. The Bertz CT molecular complexity index is 882. The summed E-state index contributed by atoms with van der Waals surface area (Å²) in [6.45, 7) is 0. The molecule has 2 aromatic rings. The van der Waals surface area contributed by atoms with Crippen LogP contribution in [0.25, 0.3) is 5.69 Å². The molecule has 24 heavy (non-hydrogen) atoms. The Balaban J connectivity index is 2.88. The largest absolute Gasteiger partial charge is 0.503 e. The van der Waals surface area contributed by atoms with Crippen LogP contribution in [0.5, 0.6) is 17.2 Å². The molecule has 8 nitrogen and oxygen atoms in total. The standard InChI is InChI=1S/C15H18N2O6S/c1-16(2)14(20)11-12(18)13(19)15(24(4,21)22)17(11)9-5-7-10(23-3)8-6-9/h5-8,18-19H,1-4H3. The van der Waals surface area contributed by atoms with Crippen LogP contribution in [0.3, 0.4) is 0 Å². The van der Waals surface area contributed by atoms with Crippen molar-refractivity contribution in [1.82, 2.24) is 9.47 Å². The van der Waals surface area contributed by atoms with Crippen molar-refractivity contribution >= 4 is 15.7 Å². The number of aromatic nitrogens is 1. The second kappa shape index (κ2) is 6.08. The van der Waals surface area contributed by atoms with E-state index in [4.69, 9.17) is 4.74 Å². The Morgan fingerprint density at radius 1 is 1.12 bits per heavy atom. The number of ether oxygens (including phenoxy) is 1. The van der Waals surface area contributed by atoms with Gasteiger partial charge in [-0.3, -0.25) is 9.36 Å². The zero-order chi connectivity index (χ0) is 18.2. The van der Waals surface area contributed by atoms with Crippen LogP contribution in [-0.4, -0.2) is 61.5 Å². The van der Waals surface area contributed by atoms with Crippen molar-refractivity contribution in [1.29, 1.82) is 0 Å². The molecule has 130 valence electrons. The van der Waals surface area contributed by atoms with Crippen LogP contribution in [0.15, 0.2) is 29.3 Å². The van der Waals surface area contributed by atoms with Gasteiger partial charge in [-0.1, -0.05) is 0 Å². The number of amides is 1. The molecule has 1 aromatic carbocycles. The topological polar surface area (TPSA) is 109 Å². The molecular formula is C15H18N2O6S. The van der Waals surface area contributed by atoms with Crippen molar-refractivity contribution in [2.45, 2.75) is 5.03 Å². The van der Waals surface area contributed by atoms with Gasteiger partial charge in [-0.05, 0) is 24.3 Å². The number of nitrogens with zero attached hydrogens (tertiary/aromatic N) is 2. The second-order valence-electron chi connectivity index (χ2n) is 5.36. The first-order valence-electron chi connectivity index (χ1n) is 6.82. The lowest BCUT2D eigenvalue weighted by Crippen LogP contribution is -2.25. The lowest BCUT2D eigenvalue weighted by atomic mass is 10.2. The van der Waals surface area contributed by atoms with Crippen LogP contribution in [0, 0.1) is 0 Å². The molecule has 1 heterocycles. The monoisotopic (exact) mass is 354 g/mol. The predicted molar refractivity (Wildman–Crippen MR) is 86.8 cm³/mol. The molecule has 0 spiro atoms. The van der Waals surface area contributed by atoms with E-state index >= 15 is 0 Å². The molecule has 0 unspecified atom stereocenters. The summed E-state index contributed by atoms with van der Waals surface area (Å²) in [5.41, 5.74) is -0.0693. The van der Waals surface area contributed by atoms with Crippen LogP contribution in [0.4, 0.5) is 0 Å². The van der Waals surface area contributed by atoms with Crippen LogP contribution < -0.4 is 4.74 Å². The molecule has 0 radical (unpaired) electrons. The molecule has 1 amide bonds. The van der Waals surface area contributed by atoms with E-state index in [1.807, 2.05) is 0 Å². The quantitative estimate of drug-likeness (QED) is 0.848. The van der Waals surface area contributed by atoms with E-state index in [0.29, 0.717) is 5.75 Å². The number of rotatable bonds is 4. The van der Waals surface area contributed by atoms with Crippen molar-refractivity contribution in [3.63, 3.8) is 0 Å². The SMILES string of the molecule is COc1ccc(-n2c(C(=O)N(C)C)c(O)c(O)c2S(C)(=O)=O)cc1. The van der Waals surface area contributed by atoms with Gasteiger partial charge < -0.3 is 19.8 Å². The number of hydrogen-bond donors (Lipinski definition) is 2. The van der Waals surface area contributed by atoms with Gasteiger partial charge in [-0.25, -0.2) is 8.42 Å². The molecule has 0 saturated heterocycles. The van der Waals surface area contributed by atoms with Crippen molar-refractivity contribution in [2.24, 2.45) is 0 Å². The molecule has 0 fully saturated rings. The number of sulfone groups is 1. The Kier molecular flexibility index (Phi) is 4.48. The summed E-state index contributed by atoms with van der Waals surface area (Å²) in [5, 5.41) is 19.7. The fourth-order valence-corrected chi connectivity index (χ4v) is 3.23. The highest BCUT2D eigenvalue weighted by Gasteiger charge is 2.33. The van der Waals surface area contributed by atoms with E-state index < -0.39 is 32.3 Å². The van der Waals surface area contributed by atoms with Gasteiger partial charge in [0.2, 0.25) is 0 Å². The van der Waals surface area contributed by atoms with Gasteiger partial charge in [0.1, 0.15) is 5.75 Å². The summed E-state index contributed by atoms with van der Waals surface area (Å²) in [7, 11) is 0.437. The van der Waals surface area contributed by atoms with E-state index in [1.54, 1.807) is 12.1 Å². The van der Waals surface area contributed by atoms with Gasteiger partial charge in [0.15, 0.2) is 32.1 Å². The predicted octanol–water partition coefficient (Wildman–Crippen LogP) is 1.00. The highest BCUT2D eigenvalue weighted by Crippen LogP contribution is 2.41. The van der Waals surface area contributed by atoms with E-state index in [0.717, 1.165) is 10.8 Å². The minimum atomic E-state index is -3.94. The summed E-state index contributed by atoms with van der Waals surface area (Å²) in [5.74, 6) is -1.78. The smallest absolute Gasteiger partial charge is 0.274 e. The Hall–Kier alpha value is -2.68. The summed E-state index contributed by atoms with van der Waals surface area (Å²) in [6, 6.07) is 6.16. The molecule has 0 bridgehead atoms. The Morgan fingerprint density at radius 3 is 2.08 bits per heavy atom. The molecule has 9 heteroatoms. The molecule has 0 aliphatic rings. The zero-order valence-electron chi connectivity index (χ0n) is 13.6. The van der Waals surface area contributed by atoms with Gasteiger partial charge in [0.05, 0.1) is 7.11 Å². The minimum absolute atomic E-state index is 0.275. The Labute approximate surface area is 139 Å². The Morgan fingerprint density at radius 2 is 1.67 bits per heavy atom. The summed E-state index contributed by atoms with van der Waals surface area (Å²) < 4.78 is 30.2. The van der Waals surface area contributed by atoms with Crippen LogP contribution in [0.1, 0.15) is 10.5 Å². The fraction of sp³-hybridized carbons (Fsp3) is 0.267. The van der Waals surface area contributed by atoms with Crippen LogP contribution in [-0.2, 0) is 9.84 Å². The average molecular weight is 354 g/mol. The molecule has 2 rings (SSSR count). The third-order valence-electron chi connectivity index (χ3n) is 3.37. The number of carbonyl (C=O) groups is 1. The maximum Gasteiger partial charge on any atom is 0.274 e. The summed E-state index contributed by atoms with van der Waals surface area (Å²) >= 11 is 0. The number of aromatic hydroxyl groups is 2. The highest BCUT2D eigenvalue weighted by molar-refractivity contribution is 7.90. The maximum atomic E-state index is 12.4. The third-order valence-corrected chi connectivity index (χ3v) is 4.45. The van der Waals surface area contributed by atoms with Crippen LogP contribution >= 0.6 is 0 Å². The number of benzene rings is 1. The van der Waals surface area contributed by atoms with Crippen LogP contribution in [0.2, 0.25) is 0 Å². The normalized spacial score (nSPS) is 11.3. The fourth-order valence-electron chi connectivity index (χ4n) is 2.25. The molecule has 0 aliphatic heterocycles. The van der Waals surface area contributed by atoms with E-state index in [1.165, 1.54) is 38.2 Å². The van der Waals surface area contributed by atoms with Crippen molar-refractivity contribution in [2.75, 3.05) is 27.5 Å². The lowest BCUT2D eigenvalue weighted by Gasteiger charge is -2.15. The van der Waals surface area contributed by atoms with E-state index in [-0.39, 0.29) is 11.4 Å². The summed E-state index contributed by atoms with van der Waals surface area (Å²) in [4.78, 5) is 13.6. The van der Waals surface area contributed by atoms with Gasteiger partial charge in [0, 0.05) is 26.0 Å². The van der Waals surface area contributed by atoms with E-state index in [2.05, 4.69) is 0 Å². The van der Waals surface area contributed by atoms with Gasteiger partial charge >= 0.3 is 0 Å². The van der Waals surface area contributed by atoms with Gasteiger partial charge in [-0.2, -0.15) is 0 Å². The number of carbonyl (C=O) groups excluding carboxylic acids is 1. The molecular weight excluding hydrogens is 336 g/mol. The first-order valence-corrected chi connectivity index (χ1v) is 8.71. The minimum Gasteiger partial charge on any atom is -0.503 e. The molecule has 0 aliphatic carbocycles. The zero-order valence-corrected chi connectivity index (χ0v) is 14.5. The second-order valence-corrected chi connectivity index (χ2v) is 7.29. The van der Waals surface area contributed by atoms with Gasteiger partial charge in [-0.15, -0.1) is 0 Å². The van der Waals surface area contributed by atoms with Gasteiger partial charge in [0.25, 0.3) is 5.91 Å². The van der Waals surface area contributed by atoms with Crippen molar-refractivity contribution in [3.8, 4) is 22.9 Å². The lowest BCUT2D eigenvalue weighted by molar-refractivity contribution is 0.0816. The first kappa shape index (κ1) is 17.7. The third kappa shape index (κ3) is 2.90. The number of methoxy groups -OCH3 is 1. The molecule has 0 saturated carbocycles. The molecule has 0 atom stereocenters. The van der Waals surface area contributed by atoms with Crippen molar-refractivity contribution in [3.05, 3.63) is 30.0 Å². The molecule has 2 N–H and O–H groups in total. The first-order chi connectivity index (χ1) is 11.1. The average Bonchev–Trinajstić information content (AvgIpc) is 2.78. The van der Waals surface area contributed by atoms with E-state index in [9.17, 15) is 23.4 Å². The molecule has 1 aromatic heterocycles. The highest BCUT2D eigenvalue weighted by atomic mass is 32.2. The maximum absolute atomic E-state index is 12.4.